The average Bonchev–Trinajstić information content (AvgIpc) is 3.03. The van der Waals surface area contributed by atoms with E-state index in [2.05, 4.69) is 16.6 Å². The van der Waals surface area contributed by atoms with Gasteiger partial charge in [0.05, 0.1) is 12.6 Å². The van der Waals surface area contributed by atoms with Gasteiger partial charge < -0.3 is 10.6 Å². The van der Waals surface area contributed by atoms with Crippen LogP contribution < -0.4 is 10.6 Å². The number of hydrogen-bond acceptors (Lipinski definition) is 3. The molecule has 1 heterocycles. The van der Waals surface area contributed by atoms with E-state index in [1.807, 2.05) is 17.0 Å². The van der Waals surface area contributed by atoms with E-state index in [0.717, 1.165) is 12.0 Å². The molecule has 0 saturated carbocycles. The summed E-state index contributed by atoms with van der Waals surface area (Å²) >= 11 is 5.93. The van der Waals surface area contributed by atoms with Crippen LogP contribution in [-0.4, -0.2) is 42.9 Å². The van der Waals surface area contributed by atoms with E-state index in [1.165, 1.54) is 0 Å². The third-order valence-corrected chi connectivity index (χ3v) is 4.23. The molecule has 2 unspecified atom stereocenters. The molecular weight excluding hydrogens is 314 g/mol. The number of nitrogens with zero attached hydrogens (tertiary/aromatic N) is 1. The Morgan fingerprint density at radius 3 is 2.74 bits per heavy atom. The molecule has 0 spiro atoms. The predicted molar refractivity (Wildman–Crippen MR) is 89.8 cm³/mol. The fraction of sp³-hybridized carbons (Fsp3) is 0.412. The molecule has 1 aromatic rings. The first-order valence-corrected chi connectivity index (χ1v) is 7.90. The van der Waals surface area contributed by atoms with Gasteiger partial charge in [-0.1, -0.05) is 29.7 Å². The quantitative estimate of drug-likeness (QED) is 0.799. The maximum Gasteiger partial charge on any atom is 0.241 e. The topological polar surface area (TPSA) is 61.4 Å². The summed E-state index contributed by atoms with van der Waals surface area (Å²) in [6.07, 6.45) is 6.75. The molecule has 1 aliphatic heterocycles. The van der Waals surface area contributed by atoms with Gasteiger partial charge in [-0.3, -0.25) is 14.5 Å². The highest BCUT2D eigenvalue weighted by molar-refractivity contribution is 6.30. The molecule has 0 bridgehead atoms. The molecule has 122 valence electrons. The Bertz CT molecular complexity index is 609. The number of nitrogens with one attached hydrogen (secondary N) is 2. The van der Waals surface area contributed by atoms with Crippen LogP contribution in [0.5, 0.6) is 0 Å². The van der Waals surface area contributed by atoms with Crippen molar-refractivity contribution in [1.82, 2.24) is 15.5 Å². The molecule has 2 amide bonds. The number of benzene rings is 1. The van der Waals surface area contributed by atoms with Crippen molar-refractivity contribution >= 4 is 23.4 Å². The van der Waals surface area contributed by atoms with Gasteiger partial charge in [0.15, 0.2) is 0 Å². The smallest absolute Gasteiger partial charge is 0.241 e. The molecule has 6 heteroatoms. The molecular formula is C17H20ClN3O2. The van der Waals surface area contributed by atoms with Gasteiger partial charge in [0, 0.05) is 18.6 Å². The number of likely N-dealkylation sites (tertiary alicyclic amines) is 1. The Kier molecular flexibility index (Phi) is 6.03. The van der Waals surface area contributed by atoms with Crippen molar-refractivity contribution in [2.75, 3.05) is 20.1 Å². The SMILES string of the molecule is C#CCNC(=O)C1CCCN1C(C(=O)NC)c1ccc(Cl)cc1. The van der Waals surface area contributed by atoms with Crippen molar-refractivity contribution in [3.8, 4) is 12.3 Å². The van der Waals surface area contributed by atoms with Crippen LogP contribution in [0.1, 0.15) is 24.4 Å². The Morgan fingerprint density at radius 1 is 1.43 bits per heavy atom. The van der Waals surface area contributed by atoms with E-state index >= 15 is 0 Å². The third kappa shape index (κ3) is 4.04. The lowest BCUT2D eigenvalue weighted by molar-refractivity contribution is -0.131. The lowest BCUT2D eigenvalue weighted by atomic mass is 10.0. The first-order chi connectivity index (χ1) is 11.1. The molecule has 2 atom stereocenters. The molecule has 1 aromatic carbocycles. The van der Waals surface area contributed by atoms with Crippen LogP contribution >= 0.6 is 11.6 Å². The highest BCUT2D eigenvalue weighted by Gasteiger charge is 2.38. The number of rotatable bonds is 5. The second-order valence-corrected chi connectivity index (χ2v) is 5.82. The van der Waals surface area contributed by atoms with Gasteiger partial charge in [0.25, 0.3) is 0 Å². The molecule has 0 aliphatic carbocycles. The van der Waals surface area contributed by atoms with Crippen molar-refractivity contribution in [3.63, 3.8) is 0 Å². The number of terminal acetylenes is 1. The zero-order valence-corrected chi connectivity index (χ0v) is 13.8. The van der Waals surface area contributed by atoms with Crippen molar-refractivity contribution in [2.24, 2.45) is 0 Å². The van der Waals surface area contributed by atoms with Crippen LogP contribution in [-0.2, 0) is 9.59 Å². The van der Waals surface area contributed by atoms with E-state index < -0.39 is 6.04 Å². The predicted octanol–water partition coefficient (Wildman–Crippen LogP) is 1.34. The lowest BCUT2D eigenvalue weighted by Crippen LogP contribution is -2.48. The van der Waals surface area contributed by atoms with Gasteiger partial charge >= 0.3 is 0 Å². The summed E-state index contributed by atoms with van der Waals surface area (Å²) in [5.41, 5.74) is 0.811. The van der Waals surface area contributed by atoms with Gasteiger partial charge in [-0.25, -0.2) is 0 Å². The fourth-order valence-electron chi connectivity index (χ4n) is 2.91. The summed E-state index contributed by atoms with van der Waals surface area (Å²) in [4.78, 5) is 26.7. The van der Waals surface area contributed by atoms with Crippen LogP contribution in [0.3, 0.4) is 0 Å². The molecule has 2 rings (SSSR count). The van der Waals surface area contributed by atoms with Gasteiger partial charge in [0.2, 0.25) is 11.8 Å². The van der Waals surface area contributed by atoms with Crippen LogP contribution in [0.2, 0.25) is 5.02 Å². The second kappa shape index (κ2) is 8.00. The fourth-order valence-corrected chi connectivity index (χ4v) is 3.04. The van der Waals surface area contributed by atoms with E-state index in [1.54, 1.807) is 19.2 Å². The molecule has 2 N–H and O–H groups in total. The Hall–Kier alpha value is -2.03. The highest BCUT2D eigenvalue weighted by Crippen LogP contribution is 2.30. The average molecular weight is 334 g/mol. The minimum Gasteiger partial charge on any atom is -0.358 e. The van der Waals surface area contributed by atoms with Crippen LogP contribution in [0.15, 0.2) is 24.3 Å². The van der Waals surface area contributed by atoms with Gasteiger partial charge in [-0.2, -0.15) is 0 Å². The van der Waals surface area contributed by atoms with Crippen LogP contribution in [0.25, 0.3) is 0 Å². The normalized spacial score (nSPS) is 18.9. The Balaban J connectivity index is 2.27. The number of hydrogen-bond donors (Lipinski definition) is 2. The first-order valence-electron chi connectivity index (χ1n) is 7.52. The molecule has 1 fully saturated rings. The van der Waals surface area contributed by atoms with E-state index in [9.17, 15) is 9.59 Å². The summed E-state index contributed by atoms with van der Waals surface area (Å²) in [6, 6.07) is 6.24. The maximum atomic E-state index is 12.4. The largest absolute Gasteiger partial charge is 0.358 e. The zero-order valence-electron chi connectivity index (χ0n) is 13.0. The molecule has 23 heavy (non-hydrogen) atoms. The highest BCUT2D eigenvalue weighted by atomic mass is 35.5. The van der Waals surface area contributed by atoms with E-state index in [-0.39, 0.29) is 24.4 Å². The zero-order chi connectivity index (χ0) is 16.8. The molecule has 0 radical (unpaired) electrons. The van der Waals surface area contributed by atoms with Crippen molar-refractivity contribution in [3.05, 3.63) is 34.9 Å². The summed E-state index contributed by atoms with van der Waals surface area (Å²) in [7, 11) is 1.59. The Morgan fingerprint density at radius 2 is 2.13 bits per heavy atom. The third-order valence-electron chi connectivity index (χ3n) is 3.97. The summed E-state index contributed by atoms with van der Waals surface area (Å²) in [5.74, 6) is 2.11. The summed E-state index contributed by atoms with van der Waals surface area (Å²) < 4.78 is 0. The van der Waals surface area contributed by atoms with E-state index in [0.29, 0.717) is 18.0 Å². The monoisotopic (exact) mass is 333 g/mol. The minimum absolute atomic E-state index is 0.136. The maximum absolute atomic E-state index is 12.4. The lowest BCUT2D eigenvalue weighted by Gasteiger charge is -2.31. The number of halogens is 1. The second-order valence-electron chi connectivity index (χ2n) is 5.39. The van der Waals surface area contributed by atoms with Crippen molar-refractivity contribution in [2.45, 2.75) is 24.9 Å². The van der Waals surface area contributed by atoms with Crippen LogP contribution in [0.4, 0.5) is 0 Å². The van der Waals surface area contributed by atoms with Crippen molar-refractivity contribution in [1.29, 1.82) is 0 Å². The Labute approximate surface area is 141 Å². The molecule has 1 aliphatic rings. The first kappa shape index (κ1) is 17.3. The van der Waals surface area contributed by atoms with Crippen LogP contribution in [0, 0.1) is 12.3 Å². The number of carbonyl (C=O) groups excluding carboxylic acids is 2. The molecule has 0 aromatic heterocycles. The van der Waals surface area contributed by atoms with E-state index in [4.69, 9.17) is 18.0 Å². The summed E-state index contributed by atoms with van der Waals surface area (Å²) in [6.45, 7) is 0.865. The standard InChI is InChI=1S/C17H20ClN3O2/c1-3-10-20-16(22)14-5-4-11-21(14)15(17(23)19-2)12-6-8-13(18)9-7-12/h1,6-9,14-15H,4-5,10-11H2,2H3,(H,19,23)(H,20,22). The van der Waals surface area contributed by atoms with Gasteiger partial charge in [-0.05, 0) is 30.5 Å². The van der Waals surface area contributed by atoms with Crippen molar-refractivity contribution < 1.29 is 9.59 Å². The van der Waals surface area contributed by atoms with Gasteiger partial charge in [0.1, 0.15) is 6.04 Å². The molecule has 1 saturated heterocycles. The number of amides is 2. The summed E-state index contributed by atoms with van der Waals surface area (Å²) in [5, 5.41) is 5.99. The minimum atomic E-state index is -0.527. The number of carbonyl (C=O) groups is 2. The molecule has 5 nitrogen and oxygen atoms in total. The number of likely N-dealkylation sites (N-methyl/N-ethyl adjacent to an activating group) is 1. The van der Waals surface area contributed by atoms with Gasteiger partial charge in [-0.15, -0.1) is 6.42 Å².